The number of hydrogen-bond acceptors (Lipinski definition) is 3. The number of nitrogens with zero attached hydrogens (tertiary/aromatic N) is 1. The number of phenolic OH excluding ortho intramolecular Hbond substituents is 1. The fourth-order valence-corrected chi connectivity index (χ4v) is 2.96. The van der Waals surface area contributed by atoms with E-state index in [1.807, 2.05) is 12.1 Å². The van der Waals surface area contributed by atoms with Gasteiger partial charge in [0.05, 0.1) is 5.69 Å². The Hall–Kier alpha value is -1.55. The maximum atomic E-state index is 12.6. The second-order valence-electron chi connectivity index (χ2n) is 5.23. The zero-order valence-corrected chi connectivity index (χ0v) is 11.0. The van der Waals surface area contributed by atoms with Gasteiger partial charge in [0.25, 0.3) is 5.91 Å². The van der Waals surface area contributed by atoms with Crippen LogP contribution in [0.2, 0.25) is 0 Å². The van der Waals surface area contributed by atoms with Crippen molar-refractivity contribution in [1.29, 1.82) is 0 Å². The average Bonchev–Trinajstić information content (AvgIpc) is 2.47. The molecule has 2 aliphatic rings. The molecule has 19 heavy (non-hydrogen) atoms. The van der Waals surface area contributed by atoms with Crippen LogP contribution in [-0.4, -0.2) is 30.3 Å². The Balaban J connectivity index is 1.88. The lowest BCUT2D eigenvalue weighted by Crippen LogP contribution is -2.44. The highest BCUT2D eigenvalue weighted by Crippen LogP contribution is 2.36. The molecule has 0 aromatic heterocycles. The summed E-state index contributed by atoms with van der Waals surface area (Å²) in [7, 11) is 0. The van der Waals surface area contributed by atoms with E-state index in [0.29, 0.717) is 18.8 Å². The van der Waals surface area contributed by atoms with E-state index in [1.54, 1.807) is 11.0 Å². The van der Waals surface area contributed by atoms with Gasteiger partial charge in [0, 0.05) is 13.2 Å². The van der Waals surface area contributed by atoms with E-state index in [1.165, 1.54) is 0 Å². The van der Waals surface area contributed by atoms with E-state index in [0.717, 1.165) is 37.7 Å². The first-order valence-electron chi connectivity index (χ1n) is 7.01. The van der Waals surface area contributed by atoms with Crippen LogP contribution < -0.4 is 4.90 Å². The van der Waals surface area contributed by atoms with Gasteiger partial charge in [0.15, 0.2) is 0 Å². The minimum atomic E-state index is -0.334. The Morgan fingerprint density at radius 1 is 1.32 bits per heavy atom. The summed E-state index contributed by atoms with van der Waals surface area (Å²) in [5, 5.41) is 10.0. The first-order valence-corrected chi connectivity index (χ1v) is 7.01. The molecular formula is C15H19NO3. The topological polar surface area (TPSA) is 49.8 Å². The van der Waals surface area contributed by atoms with Crippen molar-refractivity contribution in [1.82, 2.24) is 0 Å². The molecule has 1 aromatic rings. The van der Waals surface area contributed by atoms with Gasteiger partial charge in [-0.1, -0.05) is 12.1 Å². The minimum absolute atomic E-state index is 0.00199. The summed E-state index contributed by atoms with van der Waals surface area (Å²) >= 11 is 0. The highest BCUT2D eigenvalue weighted by atomic mass is 16.5. The van der Waals surface area contributed by atoms with Gasteiger partial charge in [-0.05, 0) is 43.7 Å². The largest absolute Gasteiger partial charge is 0.506 e. The molecule has 4 heteroatoms. The van der Waals surface area contributed by atoms with Crippen LogP contribution in [0.1, 0.15) is 31.2 Å². The van der Waals surface area contributed by atoms with Crippen molar-refractivity contribution in [3.05, 3.63) is 23.8 Å². The van der Waals surface area contributed by atoms with Crippen molar-refractivity contribution in [3.8, 4) is 5.75 Å². The number of amides is 1. The van der Waals surface area contributed by atoms with Crippen LogP contribution >= 0.6 is 0 Å². The van der Waals surface area contributed by atoms with Crippen LogP contribution in [0.4, 0.5) is 5.69 Å². The van der Waals surface area contributed by atoms with E-state index in [-0.39, 0.29) is 17.8 Å². The lowest BCUT2D eigenvalue weighted by atomic mass is 9.99. The Morgan fingerprint density at radius 3 is 3.00 bits per heavy atom. The molecule has 0 spiro atoms. The number of aromatic hydroxyl groups is 1. The first kappa shape index (κ1) is 12.5. The van der Waals surface area contributed by atoms with Crippen LogP contribution in [-0.2, 0) is 16.0 Å². The van der Waals surface area contributed by atoms with E-state index in [9.17, 15) is 9.90 Å². The van der Waals surface area contributed by atoms with Crippen LogP contribution in [0.25, 0.3) is 0 Å². The van der Waals surface area contributed by atoms with Gasteiger partial charge in [-0.3, -0.25) is 4.79 Å². The third kappa shape index (κ3) is 2.32. The van der Waals surface area contributed by atoms with Crippen molar-refractivity contribution < 1.29 is 14.6 Å². The Morgan fingerprint density at radius 2 is 2.21 bits per heavy atom. The van der Waals surface area contributed by atoms with Crippen LogP contribution in [0.5, 0.6) is 5.75 Å². The zero-order valence-electron chi connectivity index (χ0n) is 11.0. The van der Waals surface area contributed by atoms with Crippen LogP contribution in [0.15, 0.2) is 18.2 Å². The summed E-state index contributed by atoms with van der Waals surface area (Å²) < 4.78 is 5.58. The van der Waals surface area contributed by atoms with Crippen LogP contribution in [0.3, 0.4) is 0 Å². The number of anilines is 1. The number of phenols is 1. The molecule has 0 saturated carbocycles. The summed E-state index contributed by atoms with van der Waals surface area (Å²) in [6, 6.07) is 5.46. The summed E-state index contributed by atoms with van der Waals surface area (Å²) in [5.41, 5.74) is 1.74. The number of carbonyl (C=O) groups excluding carboxylic acids is 1. The molecule has 1 aromatic carbocycles. The molecule has 1 atom stereocenters. The fraction of sp³-hybridized carbons (Fsp3) is 0.533. The predicted octanol–water partition coefficient (Wildman–Crippen LogP) is 2.24. The Bertz CT molecular complexity index is 480. The Labute approximate surface area is 113 Å². The number of fused-ring (bicyclic) bond motifs is 1. The summed E-state index contributed by atoms with van der Waals surface area (Å²) in [6.45, 7) is 1.33. The first-order chi connectivity index (χ1) is 9.27. The molecule has 1 saturated heterocycles. The number of benzene rings is 1. The van der Waals surface area contributed by atoms with Gasteiger partial charge in [-0.15, -0.1) is 0 Å². The monoisotopic (exact) mass is 261 g/mol. The zero-order chi connectivity index (χ0) is 13.2. The fourth-order valence-electron chi connectivity index (χ4n) is 2.96. The van der Waals surface area contributed by atoms with Crippen molar-refractivity contribution >= 4 is 11.6 Å². The molecule has 2 heterocycles. The normalized spacial score (nSPS) is 22.9. The van der Waals surface area contributed by atoms with Crippen molar-refractivity contribution in [2.24, 2.45) is 0 Å². The van der Waals surface area contributed by atoms with E-state index in [4.69, 9.17) is 4.74 Å². The number of para-hydroxylation sites is 1. The lowest BCUT2D eigenvalue weighted by Gasteiger charge is -2.33. The maximum Gasteiger partial charge on any atom is 0.256 e. The van der Waals surface area contributed by atoms with Gasteiger partial charge >= 0.3 is 0 Å². The molecule has 1 N–H and O–H groups in total. The Kier molecular flexibility index (Phi) is 3.42. The predicted molar refractivity (Wildman–Crippen MR) is 72.4 cm³/mol. The van der Waals surface area contributed by atoms with Gasteiger partial charge in [-0.2, -0.15) is 0 Å². The molecule has 1 unspecified atom stereocenters. The van der Waals surface area contributed by atoms with Crippen molar-refractivity contribution in [2.75, 3.05) is 18.1 Å². The molecule has 3 rings (SSSR count). The van der Waals surface area contributed by atoms with E-state index in [2.05, 4.69) is 0 Å². The van der Waals surface area contributed by atoms with Gasteiger partial charge in [0.1, 0.15) is 11.9 Å². The molecule has 1 amide bonds. The standard InChI is InChI=1S/C15H19NO3/c17-12-7-3-5-11-6-4-9-16(14(11)12)15(18)13-8-1-2-10-19-13/h3,5,7,13,17H,1-2,4,6,8-10H2. The second-order valence-corrected chi connectivity index (χ2v) is 5.23. The number of ether oxygens (including phenoxy) is 1. The molecule has 0 bridgehead atoms. The number of carbonyl (C=O) groups is 1. The third-order valence-corrected chi connectivity index (χ3v) is 3.92. The summed E-state index contributed by atoms with van der Waals surface area (Å²) in [5.74, 6) is 0.198. The molecule has 1 fully saturated rings. The highest BCUT2D eigenvalue weighted by molar-refractivity contribution is 5.99. The molecule has 102 valence electrons. The summed E-state index contributed by atoms with van der Waals surface area (Å²) in [4.78, 5) is 14.3. The van der Waals surface area contributed by atoms with Crippen molar-refractivity contribution in [3.63, 3.8) is 0 Å². The number of hydrogen-bond donors (Lipinski definition) is 1. The molecular weight excluding hydrogens is 242 g/mol. The SMILES string of the molecule is O=C(C1CCCCO1)N1CCCc2cccc(O)c21. The molecule has 0 radical (unpaired) electrons. The second kappa shape index (κ2) is 5.21. The van der Waals surface area contributed by atoms with Gasteiger partial charge < -0.3 is 14.7 Å². The number of rotatable bonds is 1. The van der Waals surface area contributed by atoms with E-state index < -0.39 is 0 Å². The third-order valence-electron chi connectivity index (χ3n) is 3.92. The molecule has 2 aliphatic heterocycles. The number of aryl methyl sites for hydroxylation is 1. The lowest BCUT2D eigenvalue weighted by molar-refractivity contribution is -0.132. The smallest absolute Gasteiger partial charge is 0.256 e. The molecule has 4 nitrogen and oxygen atoms in total. The van der Waals surface area contributed by atoms with Crippen molar-refractivity contribution in [2.45, 2.75) is 38.2 Å². The van der Waals surface area contributed by atoms with Gasteiger partial charge in [0.2, 0.25) is 0 Å². The van der Waals surface area contributed by atoms with E-state index >= 15 is 0 Å². The van der Waals surface area contributed by atoms with Crippen LogP contribution in [0, 0.1) is 0 Å². The van der Waals surface area contributed by atoms with Gasteiger partial charge in [-0.25, -0.2) is 0 Å². The summed E-state index contributed by atoms with van der Waals surface area (Å²) in [6.07, 6.45) is 4.38. The minimum Gasteiger partial charge on any atom is -0.506 e. The quantitative estimate of drug-likeness (QED) is 0.843. The maximum absolute atomic E-state index is 12.6. The highest BCUT2D eigenvalue weighted by Gasteiger charge is 2.31. The molecule has 0 aliphatic carbocycles. The average molecular weight is 261 g/mol.